The predicted molar refractivity (Wildman–Crippen MR) is 83.9 cm³/mol. The van der Waals surface area contributed by atoms with Gasteiger partial charge in [-0.05, 0) is 11.1 Å². The van der Waals surface area contributed by atoms with E-state index in [4.69, 9.17) is 18.6 Å². The Kier molecular flexibility index (Phi) is 3.99. The van der Waals surface area contributed by atoms with Crippen molar-refractivity contribution >= 4 is 14.0 Å². The number of rotatable bonds is 3. The lowest BCUT2D eigenvalue weighted by Gasteiger charge is -2.12. The van der Waals surface area contributed by atoms with Gasteiger partial charge in [0.05, 0.1) is 25.4 Å². The van der Waals surface area contributed by atoms with Gasteiger partial charge >= 0.3 is 14.0 Å². The zero-order valence-corrected chi connectivity index (χ0v) is 12.1. The fourth-order valence-corrected chi connectivity index (χ4v) is 2.82. The van der Waals surface area contributed by atoms with Crippen LogP contribution in [0.4, 0.5) is 0 Å². The van der Waals surface area contributed by atoms with E-state index >= 15 is 0 Å². The fraction of sp³-hybridized carbons (Fsp3) is 0.250. The minimum Gasteiger partial charge on any atom is -0.410 e. The summed E-state index contributed by atoms with van der Waals surface area (Å²) in [5.41, 5.74) is 2.23. The van der Waals surface area contributed by atoms with Crippen molar-refractivity contribution in [2.75, 3.05) is 13.2 Å². The first-order valence-corrected chi connectivity index (χ1v) is 7.54. The topological polar surface area (TPSA) is 36.9 Å². The van der Waals surface area contributed by atoms with Crippen LogP contribution in [-0.2, 0) is 18.6 Å². The van der Waals surface area contributed by atoms with E-state index in [1.807, 2.05) is 60.7 Å². The average molecular weight is 294 g/mol. The Bertz CT molecular complexity index is 555. The Hall–Kier alpha value is -1.59. The Morgan fingerprint density at radius 1 is 0.636 bits per heavy atom. The van der Waals surface area contributed by atoms with Crippen LogP contribution < -0.4 is 0 Å². The monoisotopic (exact) mass is 294 g/mol. The van der Waals surface area contributed by atoms with Crippen molar-refractivity contribution in [2.24, 2.45) is 0 Å². The maximum atomic E-state index is 5.94. The Labute approximate surface area is 130 Å². The lowest BCUT2D eigenvalue weighted by Crippen LogP contribution is -2.38. The van der Waals surface area contributed by atoms with Crippen LogP contribution in [0.15, 0.2) is 60.7 Å². The molecule has 2 saturated heterocycles. The third-order valence-corrected chi connectivity index (χ3v) is 3.99. The molecule has 0 saturated carbocycles. The third-order valence-electron chi connectivity index (χ3n) is 3.99. The molecule has 2 aliphatic heterocycles. The van der Waals surface area contributed by atoms with Gasteiger partial charge in [0.2, 0.25) is 0 Å². The Balaban J connectivity index is 1.38. The van der Waals surface area contributed by atoms with Crippen molar-refractivity contribution < 1.29 is 18.6 Å². The minimum atomic E-state index is -0.473. The van der Waals surface area contributed by atoms with E-state index in [1.54, 1.807) is 0 Å². The highest BCUT2D eigenvalue weighted by molar-refractivity contribution is 7.11. The molecule has 0 aliphatic carbocycles. The summed E-state index contributed by atoms with van der Waals surface area (Å²) in [6, 6.07) is 20.1. The molecule has 0 aromatic heterocycles. The molecule has 2 fully saturated rings. The van der Waals surface area contributed by atoms with Crippen LogP contribution in [0.3, 0.4) is 0 Å². The second kappa shape index (κ2) is 6.26. The van der Waals surface area contributed by atoms with Crippen LogP contribution in [0.5, 0.6) is 0 Å². The molecule has 2 aromatic carbocycles. The zero-order chi connectivity index (χ0) is 14.8. The Morgan fingerprint density at radius 3 is 1.45 bits per heavy atom. The molecular weight excluding hydrogens is 278 g/mol. The van der Waals surface area contributed by atoms with Crippen LogP contribution in [0.25, 0.3) is 0 Å². The van der Waals surface area contributed by atoms with Gasteiger partial charge < -0.3 is 18.6 Å². The van der Waals surface area contributed by atoms with E-state index in [9.17, 15) is 0 Å². The van der Waals surface area contributed by atoms with E-state index in [2.05, 4.69) is 0 Å². The summed E-state index contributed by atoms with van der Waals surface area (Å²) in [7, 11) is -0.946. The molecule has 4 nitrogen and oxygen atoms in total. The molecule has 2 aromatic rings. The summed E-state index contributed by atoms with van der Waals surface area (Å²) in [6.07, 6.45) is -0.122. The van der Waals surface area contributed by atoms with Gasteiger partial charge in [-0.25, -0.2) is 0 Å². The molecule has 2 unspecified atom stereocenters. The van der Waals surface area contributed by atoms with Gasteiger partial charge in [0.1, 0.15) is 0 Å². The second-order valence-electron chi connectivity index (χ2n) is 5.47. The summed E-state index contributed by atoms with van der Waals surface area (Å²) in [5.74, 6) is 0. The van der Waals surface area contributed by atoms with E-state index < -0.39 is 14.0 Å². The number of hydrogen-bond donors (Lipinski definition) is 0. The molecule has 0 radical (unpaired) electrons. The minimum absolute atomic E-state index is 0.0609. The van der Waals surface area contributed by atoms with Crippen molar-refractivity contribution in [3.05, 3.63) is 71.8 Å². The van der Waals surface area contributed by atoms with Gasteiger partial charge in [0.15, 0.2) is 0 Å². The van der Waals surface area contributed by atoms with Gasteiger partial charge in [0.25, 0.3) is 0 Å². The highest BCUT2D eigenvalue weighted by Crippen LogP contribution is 2.31. The van der Waals surface area contributed by atoms with Crippen molar-refractivity contribution in [3.63, 3.8) is 0 Å². The molecule has 110 valence electrons. The molecule has 2 atom stereocenters. The fourth-order valence-electron chi connectivity index (χ4n) is 2.82. The largest absolute Gasteiger partial charge is 0.488 e. The lowest BCUT2D eigenvalue weighted by atomic mass is 9.49. The molecular formula is C16H16B2O4. The zero-order valence-electron chi connectivity index (χ0n) is 12.1. The van der Waals surface area contributed by atoms with Gasteiger partial charge in [-0.15, -0.1) is 0 Å². The molecule has 0 amide bonds. The molecule has 0 spiro atoms. The van der Waals surface area contributed by atoms with Gasteiger partial charge in [0, 0.05) is 0 Å². The molecule has 2 aliphatic rings. The van der Waals surface area contributed by atoms with E-state index in [0.29, 0.717) is 13.2 Å². The van der Waals surface area contributed by atoms with Crippen molar-refractivity contribution in [1.82, 2.24) is 0 Å². The number of benzene rings is 2. The highest BCUT2D eigenvalue weighted by atomic mass is 16.7. The average Bonchev–Trinajstić information content (AvgIpc) is 3.26. The SMILES string of the molecule is c1ccc(C2COB(B3OCC(c4ccccc4)O3)O2)cc1. The summed E-state index contributed by atoms with van der Waals surface area (Å²) < 4.78 is 23.3. The predicted octanol–water partition coefficient (Wildman–Crippen LogP) is 2.62. The van der Waals surface area contributed by atoms with Crippen LogP contribution in [-0.4, -0.2) is 27.2 Å². The Morgan fingerprint density at radius 2 is 1.05 bits per heavy atom. The first-order valence-electron chi connectivity index (χ1n) is 7.54. The lowest BCUT2D eigenvalue weighted by molar-refractivity contribution is 0.233. The van der Waals surface area contributed by atoms with Crippen molar-refractivity contribution in [2.45, 2.75) is 12.2 Å². The normalized spacial score (nSPS) is 24.9. The third kappa shape index (κ3) is 2.83. The molecule has 6 heteroatoms. The summed E-state index contributed by atoms with van der Waals surface area (Å²) in [5, 5.41) is 0. The first kappa shape index (κ1) is 14.0. The molecule has 2 heterocycles. The van der Waals surface area contributed by atoms with Gasteiger partial charge in [-0.2, -0.15) is 0 Å². The summed E-state index contributed by atoms with van der Waals surface area (Å²) in [6.45, 7) is 1.04. The van der Waals surface area contributed by atoms with Crippen LogP contribution in [0, 0.1) is 0 Å². The number of hydrogen-bond acceptors (Lipinski definition) is 4. The highest BCUT2D eigenvalue weighted by Gasteiger charge is 2.50. The van der Waals surface area contributed by atoms with Crippen LogP contribution >= 0.6 is 0 Å². The maximum Gasteiger partial charge on any atom is 0.488 e. The standard InChI is InChI=1S/C16H16B2O4/c1-3-7-13(8-4-1)15-11-19-17(21-15)18-20-12-16(22-18)14-9-5-2-6-10-14/h1-10,15-16H,11-12H2. The molecule has 0 N–H and O–H groups in total. The smallest absolute Gasteiger partial charge is 0.410 e. The quantitative estimate of drug-likeness (QED) is 0.815. The summed E-state index contributed by atoms with van der Waals surface area (Å²) >= 11 is 0. The van der Waals surface area contributed by atoms with E-state index in [0.717, 1.165) is 11.1 Å². The second-order valence-corrected chi connectivity index (χ2v) is 5.47. The molecule has 22 heavy (non-hydrogen) atoms. The van der Waals surface area contributed by atoms with Crippen LogP contribution in [0.1, 0.15) is 23.3 Å². The molecule has 4 rings (SSSR count). The van der Waals surface area contributed by atoms with Crippen molar-refractivity contribution in [3.8, 4) is 0 Å². The van der Waals surface area contributed by atoms with E-state index in [-0.39, 0.29) is 12.2 Å². The van der Waals surface area contributed by atoms with Crippen molar-refractivity contribution in [1.29, 1.82) is 0 Å². The first-order chi connectivity index (χ1) is 10.9. The van der Waals surface area contributed by atoms with Gasteiger partial charge in [-0.3, -0.25) is 0 Å². The molecule has 0 bridgehead atoms. The summed E-state index contributed by atoms with van der Waals surface area (Å²) in [4.78, 5) is 0. The maximum absolute atomic E-state index is 5.94. The van der Waals surface area contributed by atoms with Crippen LogP contribution in [0.2, 0.25) is 0 Å². The van der Waals surface area contributed by atoms with Gasteiger partial charge in [-0.1, -0.05) is 60.7 Å². The van der Waals surface area contributed by atoms with E-state index in [1.165, 1.54) is 0 Å².